The Balaban J connectivity index is 1.38. The van der Waals surface area contributed by atoms with Gasteiger partial charge in [-0.2, -0.15) is 0 Å². The summed E-state index contributed by atoms with van der Waals surface area (Å²) in [5, 5.41) is 2.93. The van der Waals surface area contributed by atoms with Crippen LogP contribution in [0.3, 0.4) is 0 Å². The minimum Gasteiger partial charge on any atom is -0.381 e. The van der Waals surface area contributed by atoms with E-state index in [1.165, 1.54) is 0 Å². The summed E-state index contributed by atoms with van der Waals surface area (Å²) in [6.07, 6.45) is 4.18. The third-order valence-electron chi connectivity index (χ3n) is 3.09. The van der Waals surface area contributed by atoms with E-state index in [0.717, 1.165) is 58.7 Å². The van der Waals surface area contributed by atoms with Crippen LogP contribution in [0.15, 0.2) is 0 Å². The second kappa shape index (κ2) is 6.21. The van der Waals surface area contributed by atoms with Crippen molar-refractivity contribution in [2.75, 3.05) is 33.0 Å². The van der Waals surface area contributed by atoms with Gasteiger partial charge >= 0.3 is 0 Å². The minimum absolute atomic E-state index is 0.226. The molecule has 0 bridgehead atoms. The first kappa shape index (κ1) is 11.9. The van der Waals surface area contributed by atoms with E-state index >= 15 is 0 Å². The van der Waals surface area contributed by atoms with Crippen LogP contribution < -0.4 is 5.32 Å². The second-order valence-electron chi connectivity index (χ2n) is 4.72. The van der Waals surface area contributed by atoms with E-state index in [2.05, 4.69) is 5.32 Å². The van der Waals surface area contributed by atoms with Crippen LogP contribution in [0, 0.1) is 11.8 Å². The summed E-state index contributed by atoms with van der Waals surface area (Å²) in [6, 6.07) is 0. The standard InChI is InChI=1S/C12H21NO3/c14-12(11-2-3-11)13-5-1-6-15-8-10-4-7-16-9-10/h10-11H,1-9H2,(H,13,14)/t10-/m0/s1. The monoisotopic (exact) mass is 227 g/mol. The van der Waals surface area contributed by atoms with E-state index in [0.29, 0.717) is 11.8 Å². The zero-order valence-electron chi connectivity index (χ0n) is 9.74. The third kappa shape index (κ3) is 4.10. The van der Waals surface area contributed by atoms with Gasteiger partial charge in [0.05, 0.1) is 13.2 Å². The molecule has 1 heterocycles. The summed E-state index contributed by atoms with van der Waals surface area (Å²) in [6.45, 7) is 4.01. The summed E-state index contributed by atoms with van der Waals surface area (Å²) in [4.78, 5) is 11.3. The SMILES string of the molecule is O=C(NCCCOC[C@@H]1CCOC1)C1CC1. The summed E-state index contributed by atoms with van der Waals surface area (Å²) in [5.74, 6) is 1.13. The van der Waals surface area contributed by atoms with Gasteiger partial charge in [-0.15, -0.1) is 0 Å². The highest BCUT2D eigenvalue weighted by molar-refractivity contribution is 5.80. The van der Waals surface area contributed by atoms with Gasteiger partial charge in [-0.3, -0.25) is 4.79 Å². The van der Waals surface area contributed by atoms with Gasteiger partial charge in [0.25, 0.3) is 0 Å². The molecule has 2 fully saturated rings. The van der Waals surface area contributed by atoms with Crippen molar-refractivity contribution in [2.24, 2.45) is 11.8 Å². The van der Waals surface area contributed by atoms with E-state index < -0.39 is 0 Å². The molecule has 0 aromatic rings. The molecule has 92 valence electrons. The molecule has 1 N–H and O–H groups in total. The van der Waals surface area contributed by atoms with Crippen molar-refractivity contribution in [3.63, 3.8) is 0 Å². The van der Waals surface area contributed by atoms with Gasteiger partial charge in [0.15, 0.2) is 0 Å². The molecule has 1 atom stereocenters. The minimum atomic E-state index is 0.226. The fraction of sp³-hybridized carbons (Fsp3) is 0.917. The first-order valence-electron chi connectivity index (χ1n) is 6.29. The van der Waals surface area contributed by atoms with E-state index in [9.17, 15) is 4.79 Å². The van der Waals surface area contributed by atoms with Gasteiger partial charge in [-0.05, 0) is 25.7 Å². The lowest BCUT2D eigenvalue weighted by atomic mass is 10.1. The van der Waals surface area contributed by atoms with Crippen LogP contribution >= 0.6 is 0 Å². The van der Waals surface area contributed by atoms with Crippen molar-refractivity contribution in [3.05, 3.63) is 0 Å². The van der Waals surface area contributed by atoms with Crippen molar-refractivity contribution in [3.8, 4) is 0 Å². The first-order chi connectivity index (χ1) is 7.86. The Kier molecular flexibility index (Phi) is 4.60. The van der Waals surface area contributed by atoms with Crippen LogP contribution in [-0.2, 0) is 14.3 Å². The average molecular weight is 227 g/mol. The number of hydrogen-bond acceptors (Lipinski definition) is 3. The van der Waals surface area contributed by atoms with Crippen LogP contribution in [0.1, 0.15) is 25.7 Å². The maximum atomic E-state index is 11.3. The first-order valence-corrected chi connectivity index (χ1v) is 6.29. The number of hydrogen-bond donors (Lipinski definition) is 1. The average Bonchev–Trinajstić information content (AvgIpc) is 3.02. The normalized spacial score (nSPS) is 24.6. The number of rotatable bonds is 7. The molecular formula is C12H21NO3. The molecule has 1 saturated heterocycles. The van der Waals surface area contributed by atoms with E-state index in [4.69, 9.17) is 9.47 Å². The molecule has 0 spiro atoms. The van der Waals surface area contributed by atoms with Crippen LogP contribution in [-0.4, -0.2) is 38.9 Å². The molecule has 0 radical (unpaired) electrons. The second-order valence-corrected chi connectivity index (χ2v) is 4.72. The van der Waals surface area contributed by atoms with Gasteiger partial charge in [0, 0.05) is 31.6 Å². The molecule has 2 rings (SSSR count). The Morgan fingerprint density at radius 3 is 2.94 bits per heavy atom. The Hall–Kier alpha value is -0.610. The molecular weight excluding hydrogens is 206 g/mol. The number of amides is 1. The number of nitrogens with one attached hydrogen (secondary N) is 1. The van der Waals surface area contributed by atoms with Crippen molar-refractivity contribution >= 4 is 5.91 Å². The molecule has 2 aliphatic rings. The lowest BCUT2D eigenvalue weighted by molar-refractivity contribution is -0.122. The maximum absolute atomic E-state index is 11.3. The summed E-state index contributed by atoms with van der Waals surface area (Å²) in [7, 11) is 0. The molecule has 1 amide bonds. The highest BCUT2D eigenvalue weighted by atomic mass is 16.5. The molecule has 0 aromatic carbocycles. The zero-order chi connectivity index (χ0) is 11.2. The van der Waals surface area contributed by atoms with E-state index in [1.54, 1.807) is 0 Å². The molecule has 1 aliphatic carbocycles. The topological polar surface area (TPSA) is 47.6 Å². The molecule has 1 aliphatic heterocycles. The largest absolute Gasteiger partial charge is 0.381 e. The Bertz CT molecular complexity index is 222. The third-order valence-corrected chi connectivity index (χ3v) is 3.09. The molecule has 16 heavy (non-hydrogen) atoms. The number of carbonyl (C=O) groups is 1. The quantitative estimate of drug-likeness (QED) is 0.659. The summed E-state index contributed by atoms with van der Waals surface area (Å²) >= 11 is 0. The predicted molar refractivity (Wildman–Crippen MR) is 60.1 cm³/mol. The zero-order valence-corrected chi connectivity index (χ0v) is 9.74. The van der Waals surface area contributed by atoms with Crippen molar-refractivity contribution < 1.29 is 14.3 Å². The summed E-state index contributed by atoms with van der Waals surface area (Å²) < 4.78 is 10.8. The number of carbonyl (C=O) groups excluding carboxylic acids is 1. The fourth-order valence-electron chi connectivity index (χ4n) is 1.84. The van der Waals surface area contributed by atoms with Gasteiger partial charge in [0.2, 0.25) is 5.91 Å². The van der Waals surface area contributed by atoms with Crippen LogP contribution in [0.2, 0.25) is 0 Å². The Morgan fingerprint density at radius 2 is 2.25 bits per heavy atom. The van der Waals surface area contributed by atoms with E-state index in [1.807, 2.05) is 0 Å². The number of ether oxygens (including phenoxy) is 2. The molecule has 1 saturated carbocycles. The van der Waals surface area contributed by atoms with Gasteiger partial charge in [-0.1, -0.05) is 0 Å². The fourth-order valence-corrected chi connectivity index (χ4v) is 1.84. The predicted octanol–water partition coefficient (Wildman–Crippen LogP) is 0.956. The van der Waals surface area contributed by atoms with E-state index in [-0.39, 0.29) is 5.91 Å². The highest BCUT2D eigenvalue weighted by Crippen LogP contribution is 2.28. The van der Waals surface area contributed by atoms with Gasteiger partial charge < -0.3 is 14.8 Å². The van der Waals surface area contributed by atoms with Gasteiger partial charge in [-0.25, -0.2) is 0 Å². The van der Waals surface area contributed by atoms with Crippen LogP contribution in [0.4, 0.5) is 0 Å². The maximum Gasteiger partial charge on any atom is 0.223 e. The van der Waals surface area contributed by atoms with Gasteiger partial charge in [0.1, 0.15) is 0 Å². The van der Waals surface area contributed by atoms with Crippen molar-refractivity contribution in [1.82, 2.24) is 5.32 Å². The molecule has 4 heteroatoms. The molecule has 0 aromatic heterocycles. The Labute approximate surface area is 96.7 Å². The molecule has 4 nitrogen and oxygen atoms in total. The highest BCUT2D eigenvalue weighted by Gasteiger charge is 2.28. The van der Waals surface area contributed by atoms with Crippen LogP contribution in [0.25, 0.3) is 0 Å². The van der Waals surface area contributed by atoms with Crippen molar-refractivity contribution in [1.29, 1.82) is 0 Å². The van der Waals surface area contributed by atoms with Crippen molar-refractivity contribution in [2.45, 2.75) is 25.7 Å². The van der Waals surface area contributed by atoms with Crippen LogP contribution in [0.5, 0.6) is 0 Å². The lowest BCUT2D eigenvalue weighted by Crippen LogP contribution is -2.26. The summed E-state index contributed by atoms with van der Waals surface area (Å²) in [5.41, 5.74) is 0. The smallest absolute Gasteiger partial charge is 0.223 e. The Morgan fingerprint density at radius 1 is 1.38 bits per heavy atom. The molecule has 0 unspecified atom stereocenters. The lowest BCUT2D eigenvalue weighted by Gasteiger charge is -2.09.